The Morgan fingerprint density at radius 2 is 1.67 bits per heavy atom. The Kier molecular flexibility index (Phi) is 7.39. The topological polar surface area (TPSA) is 63.6 Å². The van der Waals surface area contributed by atoms with Crippen molar-refractivity contribution in [1.82, 2.24) is 0 Å². The lowest BCUT2D eigenvalue weighted by Crippen LogP contribution is -2.46. The molecule has 0 saturated carbocycles. The van der Waals surface area contributed by atoms with Crippen molar-refractivity contribution in [2.75, 3.05) is 0 Å². The van der Waals surface area contributed by atoms with Gasteiger partial charge in [-0.3, -0.25) is 4.79 Å². The number of rotatable bonds is 9. The maximum Gasteiger partial charge on any atom is 0.308 e. The van der Waals surface area contributed by atoms with E-state index in [2.05, 4.69) is 20.8 Å². The number of carboxylic acid groups (broad SMARTS) is 1. The van der Waals surface area contributed by atoms with Gasteiger partial charge in [0, 0.05) is 5.92 Å². The zero-order chi connectivity index (χ0) is 14.3. The molecule has 0 rings (SSSR count). The van der Waals surface area contributed by atoms with Crippen LogP contribution in [0.15, 0.2) is 0 Å². The SMILES string of the molecule is CC[Si](CC)(CC)O[C@@H]([C@@H](C)C=O)[C@@H](C)C(=O)O. The summed E-state index contributed by atoms with van der Waals surface area (Å²) < 4.78 is 6.19. The van der Waals surface area contributed by atoms with Gasteiger partial charge in [0.25, 0.3) is 0 Å². The lowest BCUT2D eigenvalue weighted by molar-refractivity contribution is -0.145. The van der Waals surface area contributed by atoms with E-state index in [0.29, 0.717) is 0 Å². The predicted molar refractivity (Wildman–Crippen MR) is 74.1 cm³/mol. The normalized spacial score (nSPS) is 16.9. The van der Waals surface area contributed by atoms with Gasteiger partial charge >= 0.3 is 5.97 Å². The number of carboxylic acids is 1. The molecule has 106 valence electrons. The first kappa shape index (κ1) is 17.3. The molecule has 5 heteroatoms. The molecule has 3 atom stereocenters. The van der Waals surface area contributed by atoms with Gasteiger partial charge in [0.05, 0.1) is 12.0 Å². The van der Waals surface area contributed by atoms with Gasteiger partial charge in [-0.1, -0.05) is 27.7 Å². The summed E-state index contributed by atoms with van der Waals surface area (Å²) in [6.45, 7) is 9.62. The highest BCUT2D eigenvalue weighted by molar-refractivity contribution is 6.73. The molecule has 1 N–H and O–H groups in total. The van der Waals surface area contributed by atoms with Crippen molar-refractivity contribution in [3.05, 3.63) is 0 Å². The Labute approximate surface area is 111 Å². The highest BCUT2D eigenvalue weighted by Crippen LogP contribution is 2.28. The standard InChI is InChI=1S/C13H26O4Si/c1-6-18(7-2,8-3)17-12(10(4)9-14)11(5)13(15)16/h9-12H,6-8H2,1-5H3,(H,15,16)/t10-,11+,12-/m0/s1. The number of carbonyl (C=O) groups is 2. The van der Waals surface area contributed by atoms with Gasteiger partial charge in [-0.15, -0.1) is 0 Å². The number of aldehydes is 1. The van der Waals surface area contributed by atoms with Gasteiger partial charge in [-0.25, -0.2) is 0 Å². The van der Waals surface area contributed by atoms with Crippen molar-refractivity contribution in [2.45, 2.75) is 58.9 Å². The molecule has 0 aromatic carbocycles. The van der Waals surface area contributed by atoms with Crippen molar-refractivity contribution < 1.29 is 19.1 Å². The van der Waals surface area contributed by atoms with Crippen LogP contribution in [-0.4, -0.2) is 31.8 Å². The monoisotopic (exact) mass is 274 g/mol. The lowest BCUT2D eigenvalue weighted by atomic mass is 9.95. The van der Waals surface area contributed by atoms with Crippen LogP contribution >= 0.6 is 0 Å². The number of hydrogen-bond donors (Lipinski definition) is 1. The molecule has 0 aliphatic carbocycles. The number of aliphatic carboxylic acids is 1. The van der Waals surface area contributed by atoms with Gasteiger partial charge in [0.15, 0.2) is 8.32 Å². The first-order valence-electron chi connectivity index (χ1n) is 6.73. The smallest absolute Gasteiger partial charge is 0.308 e. The molecule has 0 bridgehead atoms. The van der Waals surface area contributed by atoms with Gasteiger partial charge in [-0.2, -0.15) is 0 Å². The third-order valence-electron chi connectivity index (χ3n) is 3.93. The summed E-state index contributed by atoms with van der Waals surface area (Å²) in [5, 5.41) is 9.13. The lowest BCUT2D eigenvalue weighted by Gasteiger charge is -2.36. The Hall–Kier alpha value is -0.683. The van der Waals surface area contributed by atoms with Gasteiger partial charge < -0.3 is 14.3 Å². The fourth-order valence-corrected chi connectivity index (χ4v) is 5.17. The van der Waals surface area contributed by atoms with E-state index in [0.717, 1.165) is 24.4 Å². The van der Waals surface area contributed by atoms with Crippen LogP contribution in [0.3, 0.4) is 0 Å². The average molecular weight is 274 g/mol. The summed E-state index contributed by atoms with van der Waals surface area (Å²) in [5.74, 6) is -1.94. The van der Waals surface area contributed by atoms with Crippen LogP contribution in [0.5, 0.6) is 0 Å². The van der Waals surface area contributed by atoms with Crippen molar-refractivity contribution in [1.29, 1.82) is 0 Å². The second-order valence-electron chi connectivity index (χ2n) is 4.95. The quantitative estimate of drug-likeness (QED) is 0.518. The first-order chi connectivity index (χ1) is 8.37. The molecular formula is C13H26O4Si. The summed E-state index contributed by atoms with van der Waals surface area (Å²) in [6.07, 6.45) is 0.288. The molecule has 0 aliphatic heterocycles. The zero-order valence-corrected chi connectivity index (χ0v) is 13.1. The Bertz CT molecular complexity index is 268. The second-order valence-corrected chi connectivity index (χ2v) is 9.67. The van der Waals surface area contributed by atoms with Crippen molar-refractivity contribution in [3.8, 4) is 0 Å². The molecule has 0 aromatic heterocycles. The molecule has 18 heavy (non-hydrogen) atoms. The second kappa shape index (κ2) is 7.69. The average Bonchev–Trinajstić information content (AvgIpc) is 2.39. The molecule has 4 nitrogen and oxygen atoms in total. The molecule has 0 radical (unpaired) electrons. The fraction of sp³-hybridized carbons (Fsp3) is 0.846. The maximum absolute atomic E-state index is 11.1. The molecule has 0 heterocycles. The van der Waals surface area contributed by atoms with Crippen LogP contribution in [0.2, 0.25) is 18.1 Å². The molecule has 0 aliphatic rings. The van der Waals surface area contributed by atoms with E-state index < -0.39 is 26.3 Å². The van der Waals surface area contributed by atoms with E-state index in [4.69, 9.17) is 9.53 Å². The molecule has 0 unspecified atom stereocenters. The summed E-state index contributed by atoms with van der Waals surface area (Å²) in [7, 11) is -1.89. The van der Waals surface area contributed by atoms with E-state index in [1.54, 1.807) is 13.8 Å². The fourth-order valence-electron chi connectivity index (χ4n) is 2.17. The molecule has 0 fully saturated rings. The van der Waals surface area contributed by atoms with Crippen LogP contribution in [-0.2, 0) is 14.0 Å². The molecule has 0 saturated heterocycles. The zero-order valence-electron chi connectivity index (χ0n) is 12.1. The minimum atomic E-state index is -1.89. The van der Waals surface area contributed by atoms with E-state index in [-0.39, 0.29) is 5.92 Å². The van der Waals surface area contributed by atoms with Crippen LogP contribution < -0.4 is 0 Å². The Balaban J connectivity index is 5.09. The van der Waals surface area contributed by atoms with Crippen LogP contribution in [0.4, 0.5) is 0 Å². The largest absolute Gasteiger partial charge is 0.481 e. The predicted octanol–water partition coefficient (Wildman–Crippen LogP) is 2.93. The molecular weight excluding hydrogens is 248 g/mol. The van der Waals surface area contributed by atoms with Crippen LogP contribution in [0.1, 0.15) is 34.6 Å². The molecule has 0 aromatic rings. The van der Waals surface area contributed by atoms with Crippen LogP contribution in [0, 0.1) is 11.8 Å². The van der Waals surface area contributed by atoms with Crippen molar-refractivity contribution in [2.24, 2.45) is 11.8 Å². The number of hydrogen-bond acceptors (Lipinski definition) is 3. The van der Waals surface area contributed by atoms with Gasteiger partial charge in [0.2, 0.25) is 0 Å². The summed E-state index contributed by atoms with van der Waals surface area (Å²) in [6, 6.07) is 2.86. The van der Waals surface area contributed by atoms with Gasteiger partial charge in [-0.05, 0) is 25.1 Å². The van der Waals surface area contributed by atoms with E-state index >= 15 is 0 Å². The van der Waals surface area contributed by atoms with E-state index in [9.17, 15) is 9.59 Å². The third kappa shape index (κ3) is 4.21. The Morgan fingerprint density at radius 1 is 1.22 bits per heavy atom. The maximum atomic E-state index is 11.1. The number of carbonyl (C=O) groups excluding carboxylic acids is 1. The van der Waals surface area contributed by atoms with E-state index in [1.807, 2.05) is 0 Å². The highest BCUT2D eigenvalue weighted by atomic mass is 28.4. The highest BCUT2D eigenvalue weighted by Gasteiger charge is 2.38. The van der Waals surface area contributed by atoms with Crippen LogP contribution in [0.25, 0.3) is 0 Å². The van der Waals surface area contributed by atoms with Crippen molar-refractivity contribution >= 4 is 20.6 Å². The Morgan fingerprint density at radius 3 is 1.94 bits per heavy atom. The minimum absolute atomic E-state index is 0.382. The third-order valence-corrected chi connectivity index (χ3v) is 8.57. The molecule has 0 amide bonds. The van der Waals surface area contributed by atoms with Gasteiger partial charge in [0.1, 0.15) is 6.29 Å². The van der Waals surface area contributed by atoms with E-state index in [1.165, 1.54) is 0 Å². The summed E-state index contributed by atoms with van der Waals surface area (Å²) in [5.41, 5.74) is 0. The first-order valence-corrected chi connectivity index (χ1v) is 9.26. The molecule has 0 spiro atoms. The summed E-state index contributed by atoms with van der Waals surface area (Å²) >= 11 is 0. The van der Waals surface area contributed by atoms with Crippen molar-refractivity contribution in [3.63, 3.8) is 0 Å². The minimum Gasteiger partial charge on any atom is -0.481 e. The summed E-state index contributed by atoms with van der Waals surface area (Å²) in [4.78, 5) is 22.1.